The Morgan fingerprint density at radius 1 is 0.824 bits per heavy atom. The summed E-state index contributed by atoms with van der Waals surface area (Å²) < 4.78 is 2.39. The lowest BCUT2D eigenvalue weighted by Crippen LogP contribution is -2.35. The van der Waals surface area contributed by atoms with Crippen molar-refractivity contribution in [1.29, 1.82) is 5.41 Å². The lowest BCUT2D eigenvalue weighted by Gasteiger charge is -2.30. The minimum atomic E-state index is 0.0783. The molecule has 1 saturated carbocycles. The Bertz CT molecular complexity index is 1660. The number of benzene rings is 3. The highest BCUT2D eigenvalue weighted by Crippen LogP contribution is 2.27. The van der Waals surface area contributed by atoms with Crippen LogP contribution < -0.4 is 11.5 Å². The van der Waals surface area contributed by atoms with Gasteiger partial charge in [-0.2, -0.15) is 0 Å². The van der Waals surface area contributed by atoms with Gasteiger partial charge in [0.25, 0.3) is 5.91 Å². The molecule has 3 aromatic carbocycles. The molecule has 1 aromatic heterocycles. The number of imidazole rings is 1. The average molecular weight is 692 g/mol. The van der Waals surface area contributed by atoms with E-state index in [-0.39, 0.29) is 11.7 Å². The maximum Gasteiger partial charge on any atom is 0.254 e. The smallest absolute Gasteiger partial charge is 0.254 e. The van der Waals surface area contributed by atoms with Crippen molar-refractivity contribution in [2.75, 3.05) is 26.2 Å². The molecule has 0 aliphatic heterocycles. The zero-order chi connectivity index (χ0) is 36.0. The van der Waals surface area contributed by atoms with Crippen molar-refractivity contribution in [3.63, 3.8) is 0 Å². The predicted molar refractivity (Wildman–Crippen MR) is 211 cm³/mol. The molecular weight excluding hydrogens is 631 g/mol. The molecule has 0 radical (unpaired) electrons. The number of nitrogens with zero attached hydrogens (tertiary/aromatic N) is 4. The molecule has 0 spiro atoms. The highest BCUT2D eigenvalue weighted by molar-refractivity contribution is 5.97. The lowest BCUT2D eigenvalue weighted by atomic mass is 9.88. The van der Waals surface area contributed by atoms with E-state index in [2.05, 4.69) is 70.7 Å². The van der Waals surface area contributed by atoms with Gasteiger partial charge in [0.1, 0.15) is 11.7 Å². The summed E-state index contributed by atoms with van der Waals surface area (Å²) in [5.41, 5.74) is 18.4. The number of nitrogen functional groups attached to an aromatic ring is 1. The van der Waals surface area contributed by atoms with E-state index >= 15 is 0 Å². The van der Waals surface area contributed by atoms with Crippen LogP contribution in [-0.2, 0) is 32.5 Å². The van der Waals surface area contributed by atoms with E-state index in [0.29, 0.717) is 24.6 Å². The number of carbonyl (C=O) groups is 1. The van der Waals surface area contributed by atoms with Crippen LogP contribution >= 0.6 is 0 Å². The Labute approximate surface area is 306 Å². The lowest BCUT2D eigenvalue weighted by molar-refractivity contribution is 0.0699. The maximum absolute atomic E-state index is 14.3. The molecule has 0 atom stereocenters. The molecule has 0 unspecified atom stereocenters. The first-order valence-corrected chi connectivity index (χ1v) is 19.6. The molecule has 51 heavy (non-hydrogen) atoms. The maximum atomic E-state index is 14.3. The number of nitrogens with one attached hydrogen (secondary N) is 1. The molecule has 5 rings (SSSR count). The fraction of sp³-hybridized carbons (Fsp3) is 0.512. The number of fused-ring (bicyclic) bond motifs is 1. The van der Waals surface area contributed by atoms with Crippen molar-refractivity contribution in [1.82, 2.24) is 19.4 Å². The van der Waals surface area contributed by atoms with Gasteiger partial charge in [-0.3, -0.25) is 10.2 Å². The van der Waals surface area contributed by atoms with Crippen molar-refractivity contribution in [3.8, 4) is 0 Å². The van der Waals surface area contributed by atoms with Crippen LogP contribution in [0.1, 0.15) is 116 Å². The number of carbonyl (C=O) groups excluding carboxylic acids is 1. The van der Waals surface area contributed by atoms with Crippen molar-refractivity contribution in [2.45, 2.75) is 111 Å². The van der Waals surface area contributed by atoms with Crippen LogP contribution in [0, 0.1) is 11.3 Å². The summed E-state index contributed by atoms with van der Waals surface area (Å²) >= 11 is 0. The number of aromatic nitrogens is 2. The Hall–Kier alpha value is -4.01. The van der Waals surface area contributed by atoms with Gasteiger partial charge in [-0.15, -0.1) is 0 Å². The first kappa shape index (κ1) is 38.2. The molecule has 1 aliphatic rings. The quantitative estimate of drug-likeness (QED) is 0.0640. The van der Waals surface area contributed by atoms with Crippen LogP contribution in [-0.4, -0.2) is 57.3 Å². The highest BCUT2D eigenvalue weighted by Gasteiger charge is 2.23. The largest absolute Gasteiger partial charge is 0.384 e. The molecule has 274 valence electrons. The first-order chi connectivity index (χ1) is 24.9. The van der Waals surface area contributed by atoms with E-state index in [1.165, 1.54) is 63.4 Å². The molecule has 4 aromatic rings. The van der Waals surface area contributed by atoms with E-state index < -0.39 is 0 Å². The fourth-order valence-electron chi connectivity index (χ4n) is 7.50. The molecule has 0 bridgehead atoms. The van der Waals surface area contributed by atoms with Gasteiger partial charge in [-0.25, -0.2) is 4.98 Å². The van der Waals surface area contributed by atoms with Gasteiger partial charge >= 0.3 is 0 Å². The number of unbranched alkanes of at least 4 members (excludes halogenated alkanes) is 2. The predicted octanol–water partition coefficient (Wildman–Crippen LogP) is 8.08. The summed E-state index contributed by atoms with van der Waals surface area (Å²) in [4.78, 5) is 24.2. The van der Waals surface area contributed by atoms with Gasteiger partial charge < -0.3 is 25.8 Å². The molecule has 5 N–H and O–H groups in total. The third kappa shape index (κ3) is 11.0. The van der Waals surface area contributed by atoms with E-state index in [4.69, 9.17) is 21.9 Å². The summed E-state index contributed by atoms with van der Waals surface area (Å²) in [6.07, 6.45) is 13.8. The highest BCUT2D eigenvalue weighted by atomic mass is 16.2. The minimum absolute atomic E-state index is 0.0783. The van der Waals surface area contributed by atoms with E-state index in [1.807, 2.05) is 24.3 Å². The second-order valence-electron chi connectivity index (χ2n) is 14.6. The van der Waals surface area contributed by atoms with Crippen LogP contribution in [0.4, 0.5) is 0 Å². The number of aryl methyl sites for hydroxylation is 3. The SMILES string of the molecule is CCCCN(CCCC)CCCn1c(CCc2ccc(C(=N)N)cc2)nc2cc(C(=O)N(Cc3ccc(CN)cc3)CC3CCCCC3)ccc21. The fourth-order valence-corrected chi connectivity index (χ4v) is 7.50. The van der Waals surface area contributed by atoms with Crippen molar-refractivity contribution < 1.29 is 4.79 Å². The summed E-state index contributed by atoms with van der Waals surface area (Å²) in [5.74, 6) is 1.76. The van der Waals surface area contributed by atoms with E-state index in [1.54, 1.807) is 0 Å². The molecule has 1 aliphatic carbocycles. The van der Waals surface area contributed by atoms with Crippen LogP contribution in [0.15, 0.2) is 66.7 Å². The van der Waals surface area contributed by atoms with Crippen molar-refractivity contribution in [3.05, 3.63) is 100 Å². The summed E-state index contributed by atoms with van der Waals surface area (Å²) in [5, 5.41) is 7.74. The van der Waals surface area contributed by atoms with Gasteiger partial charge in [0.05, 0.1) is 11.0 Å². The number of hydrogen-bond donors (Lipinski definition) is 3. The number of rotatable bonds is 20. The Morgan fingerprint density at radius 2 is 1.45 bits per heavy atom. The van der Waals surface area contributed by atoms with Crippen LogP contribution in [0.2, 0.25) is 0 Å². The molecular formula is C43H61N7O. The van der Waals surface area contributed by atoms with Crippen molar-refractivity contribution in [2.24, 2.45) is 17.4 Å². The van der Waals surface area contributed by atoms with E-state index in [0.717, 1.165) is 85.5 Å². The van der Waals surface area contributed by atoms with Crippen LogP contribution in [0.25, 0.3) is 11.0 Å². The number of nitrogens with two attached hydrogens (primary N) is 2. The van der Waals surface area contributed by atoms with Gasteiger partial charge in [0.2, 0.25) is 0 Å². The molecule has 8 heteroatoms. The molecule has 1 amide bonds. The second kappa shape index (κ2) is 19.6. The number of amides is 1. The van der Waals surface area contributed by atoms with E-state index in [9.17, 15) is 4.79 Å². The first-order valence-electron chi connectivity index (χ1n) is 19.6. The summed E-state index contributed by atoms with van der Waals surface area (Å²) in [6.45, 7) is 10.7. The van der Waals surface area contributed by atoms with Gasteiger partial charge in [-0.1, -0.05) is 94.5 Å². The minimum Gasteiger partial charge on any atom is -0.384 e. The van der Waals surface area contributed by atoms with Gasteiger partial charge in [0.15, 0.2) is 0 Å². The monoisotopic (exact) mass is 691 g/mol. The van der Waals surface area contributed by atoms with Gasteiger partial charge in [-0.05, 0) is 99.0 Å². The molecule has 8 nitrogen and oxygen atoms in total. The second-order valence-corrected chi connectivity index (χ2v) is 14.6. The topological polar surface area (TPSA) is 117 Å². The molecule has 0 saturated heterocycles. The Kier molecular flexibility index (Phi) is 14.7. The number of amidine groups is 1. The van der Waals surface area contributed by atoms with Crippen LogP contribution in [0.5, 0.6) is 0 Å². The third-order valence-electron chi connectivity index (χ3n) is 10.6. The van der Waals surface area contributed by atoms with Crippen LogP contribution in [0.3, 0.4) is 0 Å². The summed E-state index contributed by atoms with van der Waals surface area (Å²) in [6, 6.07) is 22.5. The van der Waals surface area contributed by atoms with Gasteiger partial charge in [0, 0.05) is 43.7 Å². The zero-order valence-electron chi connectivity index (χ0n) is 31.2. The Morgan fingerprint density at radius 3 is 2.10 bits per heavy atom. The summed E-state index contributed by atoms with van der Waals surface area (Å²) in [7, 11) is 0. The number of hydrogen-bond acceptors (Lipinski definition) is 5. The normalized spacial score (nSPS) is 13.6. The third-order valence-corrected chi connectivity index (χ3v) is 10.6. The average Bonchev–Trinajstić information content (AvgIpc) is 3.51. The molecule has 1 fully saturated rings. The van der Waals surface area contributed by atoms with Crippen molar-refractivity contribution >= 4 is 22.8 Å². The molecule has 1 heterocycles. The zero-order valence-corrected chi connectivity index (χ0v) is 31.2. The Balaban J connectivity index is 1.39. The standard InChI is InChI=1S/C43H61N7O/c1-3-5-25-48(26-6-4-2)27-10-28-50-40-23-22-38(29-39(40)47-41(50)24-19-33-17-20-37(21-18-33)42(45)46)43(51)49(31-35-11-8-7-9-12-35)32-36-15-13-34(30-44)14-16-36/h13-18,20-23,29,35H,3-12,19,24-28,30-32,44H2,1-2H3,(H3,45,46).